The van der Waals surface area contributed by atoms with Crippen molar-refractivity contribution in [3.8, 4) is 5.75 Å². The lowest BCUT2D eigenvalue weighted by molar-refractivity contribution is -0.125. The topological polar surface area (TPSA) is 57.2 Å². The zero-order valence-electron chi connectivity index (χ0n) is 19.2. The molecule has 2 fully saturated rings. The Labute approximate surface area is 186 Å². The Kier molecular flexibility index (Phi) is 7.37. The van der Waals surface area contributed by atoms with Crippen LogP contribution in [0.4, 0.5) is 0 Å². The van der Waals surface area contributed by atoms with Crippen LogP contribution in [0, 0.1) is 17.3 Å². The van der Waals surface area contributed by atoms with E-state index in [0.29, 0.717) is 36.6 Å². The largest absolute Gasteiger partial charge is 0.468 e. The van der Waals surface area contributed by atoms with Gasteiger partial charge in [-0.25, -0.2) is 0 Å². The molecule has 1 aromatic rings. The van der Waals surface area contributed by atoms with E-state index in [1.54, 1.807) is 14.2 Å². The molecule has 0 heterocycles. The second-order valence-electron chi connectivity index (χ2n) is 9.72. The van der Waals surface area contributed by atoms with Crippen LogP contribution in [-0.4, -0.2) is 45.6 Å². The lowest BCUT2D eigenvalue weighted by atomic mass is 9.53. The van der Waals surface area contributed by atoms with Crippen LogP contribution in [0.3, 0.4) is 0 Å². The van der Waals surface area contributed by atoms with E-state index in [4.69, 9.17) is 18.9 Å². The predicted octanol–water partition coefficient (Wildman–Crippen LogP) is 4.99. The molecule has 0 aromatic heterocycles. The number of rotatable bonds is 9. The molecular formula is C26H38O5. The molecule has 0 saturated heterocycles. The van der Waals surface area contributed by atoms with Gasteiger partial charge in [-0.15, -0.1) is 0 Å². The Morgan fingerprint density at radius 2 is 1.90 bits per heavy atom. The first-order valence-electron chi connectivity index (χ1n) is 11.7. The fourth-order valence-electron chi connectivity index (χ4n) is 6.85. The summed E-state index contributed by atoms with van der Waals surface area (Å²) in [4.78, 5) is 0. The number of hydrogen-bond donors (Lipinski definition) is 1. The van der Waals surface area contributed by atoms with Crippen molar-refractivity contribution in [2.45, 2.75) is 63.4 Å². The maximum absolute atomic E-state index is 9.23. The monoisotopic (exact) mass is 430 g/mol. The highest BCUT2D eigenvalue weighted by Gasteiger charge is 2.56. The van der Waals surface area contributed by atoms with Gasteiger partial charge >= 0.3 is 0 Å². The van der Waals surface area contributed by atoms with E-state index in [1.165, 1.54) is 36.8 Å². The van der Waals surface area contributed by atoms with Gasteiger partial charge in [0.25, 0.3) is 0 Å². The molecule has 2 saturated carbocycles. The van der Waals surface area contributed by atoms with Crippen molar-refractivity contribution in [1.82, 2.24) is 0 Å². The average molecular weight is 431 g/mol. The molecule has 6 atom stereocenters. The van der Waals surface area contributed by atoms with Gasteiger partial charge in [-0.05, 0) is 90.9 Å². The van der Waals surface area contributed by atoms with Crippen molar-refractivity contribution in [1.29, 1.82) is 0 Å². The van der Waals surface area contributed by atoms with E-state index >= 15 is 0 Å². The molecule has 31 heavy (non-hydrogen) atoms. The highest BCUT2D eigenvalue weighted by atomic mass is 16.7. The molecule has 5 heteroatoms. The van der Waals surface area contributed by atoms with Gasteiger partial charge in [0.2, 0.25) is 0 Å². The first-order valence-corrected chi connectivity index (χ1v) is 11.7. The maximum atomic E-state index is 9.23. The highest BCUT2D eigenvalue weighted by Crippen LogP contribution is 2.63. The SMILES string of the molecule is COCOc1ccc2c(c1)[C@H](CC=CCO)C[C@@H]1[C@@H]2CC[C@]2(C)[C@@H](OCOC)CC[C@@H]12. The zero-order valence-corrected chi connectivity index (χ0v) is 19.2. The summed E-state index contributed by atoms with van der Waals surface area (Å²) >= 11 is 0. The summed E-state index contributed by atoms with van der Waals surface area (Å²) in [7, 11) is 3.36. The van der Waals surface area contributed by atoms with Gasteiger partial charge in [0.1, 0.15) is 12.5 Å². The molecule has 0 aliphatic heterocycles. The minimum Gasteiger partial charge on any atom is -0.468 e. The van der Waals surface area contributed by atoms with E-state index in [-0.39, 0.29) is 18.8 Å². The summed E-state index contributed by atoms with van der Waals surface area (Å²) in [6.07, 6.45) is 11.3. The summed E-state index contributed by atoms with van der Waals surface area (Å²) in [6.45, 7) is 3.22. The molecule has 0 bridgehead atoms. The third kappa shape index (κ3) is 4.43. The van der Waals surface area contributed by atoms with Crippen LogP contribution >= 0.6 is 0 Å². The molecule has 0 amide bonds. The lowest BCUT2D eigenvalue weighted by Crippen LogP contribution is -2.45. The van der Waals surface area contributed by atoms with Crippen LogP contribution < -0.4 is 4.74 Å². The third-order valence-electron chi connectivity index (χ3n) is 8.23. The van der Waals surface area contributed by atoms with Gasteiger partial charge in [0.15, 0.2) is 6.79 Å². The van der Waals surface area contributed by atoms with E-state index in [0.717, 1.165) is 18.6 Å². The van der Waals surface area contributed by atoms with Crippen LogP contribution in [0.1, 0.15) is 68.4 Å². The van der Waals surface area contributed by atoms with Crippen molar-refractivity contribution in [2.75, 3.05) is 34.4 Å². The number of aliphatic hydroxyl groups excluding tert-OH is 1. The molecule has 1 aromatic carbocycles. The first-order chi connectivity index (χ1) is 15.1. The summed E-state index contributed by atoms with van der Waals surface area (Å²) in [6, 6.07) is 6.64. The van der Waals surface area contributed by atoms with E-state index in [1.807, 2.05) is 6.08 Å². The Balaban J connectivity index is 1.62. The molecular weight excluding hydrogens is 392 g/mol. The van der Waals surface area contributed by atoms with Crippen molar-refractivity contribution in [3.05, 3.63) is 41.5 Å². The van der Waals surface area contributed by atoms with Crippen LogP contribution in [0.5, 0.6) is 5.75 Å². The van der Waals surface area contributed by atoms with Crippen molar-refractivity contribution in [2.24, 2.45) is 17.3 Å². The fourth-order valence-corrected chi connectivity index (χ4v) is 6.85. The number of fused-ring (bicyclic) bond motifs is 5. The van der Waals surface area contributed by atoms with Crippen LogP contribution in [0.2, 0.25) is 0 Å². The Morgan fingerprint density at radius 3 is 2.68 bits per heavy atom. The molecule has 5 nitrogen and oxygen atoms in total. The second-order valence-corrected chi connectivity index (χ2v) is 9.72. The minimum absolute atomic E-state index is 0.0990. The molecule has 3 aliphatic carbocycles. The van der Waals surface area contributed by atoms with Gasteiger partial charge in [-0.3, -0.25) is 0 Å². The van der Waals surface area contributed by atoms with Crippen LogP contribution in [-0.2, 0) is 14.2 Å². The third-order valence-corrected chi connectivity index (χ3v) is 8.23. The highest BCUT2D eigenvalue weighted by molar-refractivity contribution is 5.43. The summed E-state index contributed by atoms with van der Waals surface area (Å²) < 4.78 is 22.2. The van der Waals surface area contributed by atoms with Crippen LogP contribution in [0.15, 0.2) is 30.4 Å². The average Bonchev–Trinajstić information content (AvgIpc) is 3.12. The molecule has 0 radical (unpaired) electrons. The summed E-state index contributed by atoms with van der Waals surface area (Å²) in [5.41, 5.74) is 3.17. The molecule has 4 rings (SSSR count). The molecule has 0 unspecified atom stereocenters. The number of aliphatic hydroxyl groups is 1. The number of ether oxygens (including phenoxy) is 4. The fraction of sp³-hybridized carbons (Fsp3) is 0.692. The van der Waals surface area contributed by atoms with Gasteiger partial charge in [0.05, 0.1) is 12.7 Å². The van der Waals surface area contributed by atoms with Crippen molar-refractivity contribution in [3.63, 3.8) is 0 Å². The predicted molar refractivity (Wildman–Crippen MR) is 120 cm³/mol. The smallest absolute Gasteiger partial charge is 0.188 e. The van der Waals surface area contributed by atoms with E-state index < -0.39 is 0 Å². The Bertz CT molecular complexity index is 762. The lowest BCUT2D eigenvalue weighted by Gasteiger charge is -2.52. The standard InChI is InChI=1S/C26H38O5/c1-26-12-11-21-20-8-7-19(30-16-28-2)15-22(20)18(6-4-5-13-27)14-23(21)24(26)9-10-25(26)31-17-29-3/h4-5,7-8,15,18,21,23-25,27H,6,9-14,16-17H2,1-3H3/t18-,21-,23-,24+,25+,26+/m1/s1. The molecule has 3 aliphatic rings. The van der Waals surface area contributed by atoms with Crippen LogP contribution in [0.25, 0.3) is 0 Å². The van der Waals surface area contributed by atoms with Crippen molar-refractivity contribution >= 4 is 0 Å². The van der Waals surface area contributed by atoms with Gasteiger partial charge in [-0.2, -0.15) is 0 Å². The first kappa shape index (κ1) is 22.8. The van der Waals surface area contributed by atoms with Crippen molar-refractivity contribution < 1.29 is 24.1 Å². The number of allylic oxidation sites excluding steroid dienone is 1. The molecule has 0 spiro atoms. The number of methoxy groups -OCH3 is 2. The second kappa shape index (κ2) is 10.0. The van der Waals surface area contributed by atoms with Gasteiger partial charge in [-0.1, -0.05) is 25.1 Å². The Morgan fingerprint density at radius 1 is 1.06 bits per heavy atom. The number of benzene rings is 1. The minimum atomic E-state index is 0.0990. The van der Waals surface area contributed by atoms with E-state index in [9.17, 15) is 5.11 Å². The summed E-state index contributed by atoms with van der Waals surface area (Å²) in [5, 5.41) is 9.23. The summed E-state index contributed by atoms with van der Waals surface area (Å²) in [5.74, 6) is 3.32. The van der Waals surface area contributed by atoms with Gasteiger partial charge < -0.3 is 24.1 Å². The van der Waals surface area contributed by atoms with E-state index in [2.05, 4.69) is 31.2 Å². The molecule has 172 valence electrons. The Hall–Kier alpha value is -1.40. The quantitative estimate of drug-likeness (QED) is 0.442. The van der Waals surface area contributed by atoms with Gasteiger partial charge in [0, 0.05) is 14.2 Å². The zero-order chi connectivity index (χ0) is 21.8. The number of hydrogen-bond acceptors (Lipinski definition) is 5. The maximum Gasteiger partial charge on any atom is 0.188 e. The normalized spacial score (nSPS) is 34.4. The molecule has 1 N–H and O–H groups in total.